The van der Waals surface area contributed by atoms with Crippen LogP contribution in [0.25, 0.3) is 0 Å². The first-order valence-corrected chi connectivity index (χ1v) is 8.41. The van der Waals surface area contributed by atoms with Crippen LogP contribution in [0.2, 0.25) is 0 Å². The smallest absolute Gasteiger partial charge is 0.0102 e. The van der Waals surface area contributed by atoms with Crippen LogP contribution < -0.4 is 10.6 Å². The van der Waals surface area contributed by atoms with E-state index in [2.05, 4.69) is 68.7 Å². The van der Waals surface area contributed by atoms with E-state index in [1.807, 2.05) is 0 Å². The van der Waals surface area contributed by atoms with Crippen LogP contribution in [-0.2, 0) is 5.41 Å². The minimum absolute atomic E-state index is 0.310. The Labute approximate surface area is 130 Å². The van der Waals surface area contributed by atoms with Gasteiger partial charge in [-0.05, 0) is 49.4 Å². The second kappa shape index (κ2) is 6.93. The van der Waals surface area contributed by atoms with Crippen LogP contribution in [0.1, 0.15) is 46.1 Å². The second-order valence-corrected chi connectivity index (χ2v) is 7.79. The summed E-state index contributed by atoms with van der Waals surface area (Å²) in [6.07, 6.45) is 2.46. The molecule has 0 spiro atoms. The molecule has 21 heavy (non-hydrogen) atoms. The Morgan fingerprint density at radius 2 is 1.76 bits per heavy atom. The van der Waals surface area contributed by atoms with Crippen molar-refractivity contribution in [1.29, 1.82) is 0 Å². The maximum Gasteiger partial charge on any atom is 0.0102 e. The predicted octanol–water partition coefficient (Wildman–Crippen LogP) is 3.58. The van der Waals surface area contributed by atoms with E-state index in [-0.39, 0.29) is 0 Å². The third kappa shape index (κ3) is 4.31. The lowest BCUT2D eigenvalue weighted by molar-refractivity contribution is 0.233. The molecule has 0 radical (unpaired) electrons. The van der Waals surface area contributed by atoms with E-state index in [1.165, 1.54) is 18.4 Å². The van der Waals surface area contributed by atoms with Crippen molar-refractivity contribution in [3.05, 3.63) is 35.9 Å². The fourth-order valence-electron chi connectivity index (χ4n) is 3.10. The lowest BCUT2D eigenvalue weighted by Crippen LogP contribution is -2.47. The van der Waals surface area contributed by atoms with Gasteiger partial charge in [-0.15, -0.1) is 0 Å². The number of benzene rings is 1. The molecule has 118 valence electrons. The highest BCUT2D eigenvalue weighted by molar-refractivity contribution is 5.27. The van der Waals surface area contributed by atoms with Gasteiger partial charge < -0.3 is 10.6 Å². The summed E-state index contributed by atoms with van der Waals surface area (Å²) in [5.41, 5.74) is 2.19. The van der Waals surface area contributed by atoms with E-state index in [0.717, 1.165) is 26.2 Å². The standard InChI is InChI=1S/C19H32N2/c1-16(18(2,3)4)14-21-15-19(10-12-20-13-11-19)17-8-6-5-7-9-17/h5-9,16,20-21H,10-15H2,1-4H3. The van der Waals surface area contributed by atoms with Crippen LogP contribution in [0, 0.1) is 11.3 Å². The molecule has 0 saturated carbocycles. The van der Waals surface area contributed by atoms with Gasteiger partial charge in [-0.2, -0.15) is 0 Å². The number of rotatable bonds is 5. The summed E-state index contributed by atoms with van der Waals surface area (Å²) >= 11 is 0. The summed E-state index contributed by atoms with van der Waals surface area (Å²) in [6, 6.07) is 11.1. The lowest BCUT2D eigenvalue weighted by atomic mass is 9.73. The van der Waals surface area contributed by atoms with Crippen LogP contribution in [0.5, 0.6) is 0 Å². The SMILES string of the molecule is CC(CNCC1(c2ccccc2)CCNCC1)C(C)(C)C. The van der Waals surface area contributed by atoms with Gasteiger partial charge in [0.2, 0.25) is 0 Å². The molecule has 0 bridgehead atoms. The molecule has 1 heterocycles. The fourth-order valence-corrected chi connectivity index (χ4v) is 3.10. The molecular formula is C19H32N2. The van der Waals surface area contributed by atoms with Crippen LogP contribution in [0.15, 0.2) is 30.3 Å². The van der Waals surface area contributed by atoms with Crippen molar-refractivity contribution in [1.82, 2.24) is 10.6 Å². The summed E-state index contributed by atoms with van der Waals surface area (Å²) in [6.45, 7) is 13.8. The molecule has 2 nitrogen and oxygen atoms in total. The molecule has 2 rings (SSSR count). The van der Waals surface area contributed by atoms with Crippen molar-refractivity contribution < 1.29 is 0 Å². The molecule has 1 aliphatic heterocycles. The Morgan fingerprint density at radius 1 is 1.14 bits per heavy atom. The van der Waals surface area contributed by atoms with E-state index in [1.54, 1.807) is 0 Å². The highest BCUT2D eigenvalue weighted by atomic mass is 14.9. The average molecular weight is 288 g/mol. The molecule has 2 N–H and O–H groups in total. The van der Waals surface area contributed by atoms with E-state index in [0.29, 0.717) is 16.7 Å². The van der Waals surface area contributed by atoms with Gasteiger partial charge in [-0.25, -0.2) is 0 Å². The van der Waals surface area contributed by atoms with Gasteiger partial charge in [0.05, 0.1) is 0 Å². The molecule has 0 amide bonds. The Bertz CT molecular complexity index is 413. The van der Waals surface area contributed by atoms with Gasteiger partial charge in [0.15, 0.2) is 0 Å². The molecule has 1 unspecified atom stereocenters. The maximum absolute atomic E-state index is 3.77. The zero-order valence-electron chi connectivity index (χ0n) is 14.2. The van der Waals surface area contributed by atoms with Crippen molar-refractivity contribution in [2.45, 2.75) is 46.0 Å². The van der Waals surface area contributed by atoms with E-state index in [9.17, 15) is 0 Å². The van der Waals surface area contributed by atoms with Gasteiger partial charge in [-0.3, -0.25) is 0 Å². The largest absolute Gasteiger partial charge is 0.317 e. The molecule has 0 aliphatic carbocycles. The van der Waals surface area contributed by atoms with E-state index < -0.39 is 0 Å². The van der Waals surface area contributed by atoms with Gasteiger partial charge in [0.25, 0.3) is 0 Å². The zero-order chi connectivity index (χ0) is 15.3. The first-order valence-electron chi connectivity index (χ1n) is 8.41. The Morgan fingerprint density at radius 3 is 2.33 bits per heavy atom. The summed E-state index contributed by atoms with van der Waals surface area (Å²) in [4.78, 5) is 0. The predicted molar refractivity (Wildman–Crippen MR) is 91.7 cm³/mol. The van der Waals surface area contributed by atoms with Crippen molar-refractivity contribution in [2.24, 2.45) is 11.3 Å². The highest BCUT2D eigenvalue weighted by Crippen LogP contribution is 2.33. The van der Waals surface area contributed by atoms with Gasteiger partial charge in [0.1, 0.15) is 0 Å². The number of hydrogen-bond acceptors (Lipinski definition) is 2. The monoisotopic (exact) mass is 288 g/mol. The number of nitrogens with one attached hydrogen (secondary N) is 2. The lowest BCUT2D eigenvalue weighted by Gasteiger charge is -2.39. The van der Waals surface area contributed by atoms with Crippen LogP contribution >= 0.6 is 0 Å². The first kappa shape index (κ1) is 16.5. The summed E-state index contributed by atoms with van der Waals surface area (Å²) in [5, 5.41) is 7.28. The molecule has 1 saturated heterocycles. The normalized spacial score (nSPS) is 20.2. The Hall–Kier alpha value is -0.860. The summed E-state index contributed by atoms with van der Waals surface area (Å²) < 4.78 is 0. The Balaban J connectivity index is 2.01. The zero-order valence-corrected chi connectivity index (χ0v) is 14.2. The number of hydrogen-bond donors (Lipinski definition) is 2. The highest BCUT2D eigenvalue weighted by Gasteiger charge is 2.33. The summed E-state index contributed by atoms with van der Waals surface area (Å²) in [7, 11) is 0. The van der Waals surface area contributed by atoms with Crippen LogP contribution in [0.3, 0.4) is 0 Å². The molecule has 1 aromatic carbocycles. The van der Waals surface area contributed by atoms with Crippen molar-refractivity contribution >= 4 is 0 Å². The third-order valence-electron chi connectivity index (χ3n) is 5.34. The Kier molecular flexibility index (Phi) is 5.45. The molecular weight excluding hydrogens is 256 g/mol. The number of piperidine rings is 1. The minimum Gasteiger partial charge on any atom is -0.317 e. The topological polar surface area (TPSA) is 24.1 Å². The second-order valence-electron chi connectivity index (χ2n) is 7.79. The van der Waals surface area contributed by atoms with Crippen molar-refractivity contribution in [2.75, 3.05) is 26.2 Å². The molecule has 1 aromatic rings. The van der Waals surface area contributed by atoms with Crippen molar-refractivity contribution in [3.63, 3.8) is 0 Å². The third-order valence-corrected chi connectivity index (χ3v) is 5.34. The molecule has 1 fully saturated rings. The maximum atomic E-state index is 3.77. The van der Waals surface area contributed by atoms with Crippen LogP contribution in [-0.4, -0.2) is 26.2 Å². The molecule has 1 aliphatic rings. The van der Waals surface area contributed by atoms with Gasteiger partial charge in [0, 0.05) is 12.0 Å². The fraction of sp³-hybridized carbons (Fsp3) is 0.684. The quantitative estimate of drug-likeness (QED) is 0.865. The van der Waals surface area contributed by atoms with Crippen LogP contribution in [0.4, 0.5) is 0 Å². The molecule has 0 aromatic heterocycles. The summed E-state index contributed by atoms with van der Waals surface area (Å²) in [5.74, 6) is 0.687. The first-order chi connectivity index (χ1) is 9.94. The molecule has 1 atom stereocenters. The van der Waals surface area contributed by atoms with E-state index >= 15 is 0 Å². The van der Waals surface area contributed by atoms with Gasteiger partial charge in [-0.1, -0.05) is 58.0 Å². The van der Waals surface area contributed by atoms with Crippen molar-refractivity contribution in [3.8, 4) is 0 Å². The van der Waals surface area contributed by atoms with E-state index in [4.69, 9.17) is 0 Å². The molecule has 2 heteroatoms. The van der Waals surface area contributed by atoms with Gasteiger partial charge >= 0.3 is 0 Å². The average Bonchev–Trinajstić information content (AvgIpc) is 2.48. The minimum atomic E-state index is 0.310.